The first kappa shape index (κ1) is 20.3. The first-order chi connectivity index (χ1) is 13.8. The number of fused-ring (bicyclic) bond motifs is 1. The molecule has 3 aliphatic rings. The maximum absolute atomic E-state index is 13.4. The van der Waals surface area contributed by atoms with Crippen LogP contribution in [0.4, 0.5) is 0 Å². The number of carbonyl (C=O) groups is 2. The second kappa shape index (κ2) is 7.72. The van der Waals surface area contributed by atoms with Gasteiger partial charge in [-0.15, -0.1) is 0 Å². The Hall–Kier alpha value is -1.93. The van der Waals surface area contributed by atoms with E-state index in [0.29, 0.717) is 44.7 Å². The van der Waals surface area contributed by atoms with Gasteiger partial charge in [0.15, 0.2) is 9.84 Å². The molecule has 3 aliphatic heterocycles. The Bertz CT molecular complexity index is 906. The van der Waals surface area contributed by atoms with Gasteiger partial charge in [-0.3, -0.25) is 14.5 Å². The minimum absolute atomic E-state index is 0.000139. The molecule has 158 valence electrons. The van der Waals surface area contributed by atoms with Gasteiger partial charge < -0.3 is 9.80 Å². The lowest BCUT2D eigenvalue weighted by atomic mass is 10.0. The van der Waals surface area contributed by atoms with E-state index in [0.717, 1.165) is 5.56 Å². The maximum Gasteiger partial charge on any atom is 0.255 e. The summed E-state index contributed by atoms with van der Waals surface area (Å²) < 4.78 is 23.5. The highest BCUT2D eigenvalue weighted by atomic mass is 32.2. The zero-order valence-corrected chi connectivity index (χ0v) is 17.9. The van der Waals surface area contributed by atoms with Crippen molar-refractivity contribution in [3.8, 4) is 0 Å². The first-order valence-electron chi connectivity index (χ1n) is 10.4. The molecule has 0 N–H and O–H groups in total. The summed E-state index contributed by atoms with van der Waals surface area (Å²) >= 11 is 0. The van der Waals surface area contributed by atoms with E-state index in [-0.39, 0.29) is 35.3 Å². The van der Waals surface area contributed by atoms with Crippen LogP contribution in [0.3, 0.4) is 0 Å². The lowest BCUT2D eigenvalue weighted by Gasteiger charge is -2.41. The first-order valence-corrected chi connectivity index (χ1v) is 12.2. The van der Waals surface area contributed by atoms with Crippen LogP contribution in [0.5, 0.6) is 0 Å². The average molecular weight is 420 g/mol. The molecule has 0 radical (unpaired) electrons. The van der Waals surface area contributed by atoms with Gasteiger partial charge in [0.1, 0.15) is 6.04 Å². The summed E-state index contributed by atoms with van der Waals surface area (Å²) in [6.07, 6.45) is 0.686. The molecule has 1 unspecified atom stereocenters. The molecule has 0 aliphatic carbocycles. The van der Waals surface area contributed by atoms with Crippen molar-refractivity contribution in [2.75, 3.05) is 37.7 Å². The van der Waals surface area contributed by atoms with Gasteiger partial charge in [0.2, 0.25) is 5.91 Å². The van der Waals surface area contributed by atoms with Gasteiger partial charge in [-0.05, 0) is 24.0 Å². The topological polar surface area (TPSA) is 78.0 Å². The molecule has 8 heteroatoms. The summed E-state index contributed by atoms with van der Waals surface area (Å²) in [5, 5.41) is 0. The largest absolute Gasteiger partial charge is 0.338 e. The number of sulfone groups is 1. The van der Waals surface area contributed by atoms with Gasteiger partial charge >= 0.3 is 0 Å². The molecule has 0 spiro atoms. The van der Waals surface area contributed by atoms with E-state index >= 15 is 0 Å². The number of amides is 2. The van der Waals surface area contributed by atoms with Crippen LogP contribution in [0.2, 0.25) is 0 Å². The molecule has 2 saturated heterocycles. The Kier molecular flexibility index (Phi) is 5.42. The maximum atomic E-state index is 13.4. The van der Waals surface area contributed by atoms with Crippen LogP contribution < -0.4 is 0 Å². The molecular formula is C21H29N3O4S. The summed E-state index contributed by atoms with van der Waals surface area (Å²) in [6, 6.07) is 7.15. The third kappa shape index (κ3) is 3.92. The van der Waals surface area contributed by atoms with Gasteiger partial charge in [0.05, 0.1) is 11.5 Å². The third-order valence-corrected chi connectivity index (χ3v) is 8.17. The number of benzene rings is 1. The number of rotatable bonds is 4. The van der Waals surface area contributed by atoms with Crippen LogP contribution in [0.15, 0.2) is 24.3 Å². The fourth-order valence-corrected chi connectivity index (χ4v) is 6.60. The van der Waals surface area contributed by atoms with Crippen LogP contribution in [-0.2, 0) is 21.2 Å². The second-order valence-electron chi connectivity index (χ2n) is 8.70. The highest BCUT2D eigenvalue weighted by molar-refractivity contribution is 7.91. The van der Waals surface area contributed by atoms with Crippen molar-refractivity contribution in [1.82, 2.24) is 14.7 Å². The molecule has 0 aromatic heterocycles. The van der Waals surface area contributed by atoms with E-state index in [1.807, 2.05) is 43.0 Å². The van der Waals surface area contributed by atoms with E-state index in [1.54, 1.807) is 4.90 Å². The molecular weight excluding hydrogens is 390 g/mol. The molecule has 7 nitrogen and oxygen atoms in total. The zero-order chi connectivity index (χ0) is 20.8. The van der Waals surface area contributed by atoms with Crippen molar-refractivity contribution >= 4 is 21.7 Å². The van der Waals surface area contributed by atoms with Gasteiger partial charge in [0, 0.05) is 44.3 Å². The fraction of sp³-hybridized carbons (Fsp3) is 0.619. The predicted octanol–water partition coefficient (Wildman–Crippen LogP) is 0.998. The van der Waals surface area contributed by atoms with Crippen molar-refractivity contribution in [2.24, 2.45) is 5.92 Å². The lowest BCUT2D eigenvalue weighted by molar-refractivity contribution is -0.139. The fourth-order valence-electron chi connectivity index (χ4n) is 4.84. The van der Waals surface area contributed by atoms with Crippen molar-refractivity contribution < 1.29 is 18.0 Å². The van der Waals surface area contributed by atoms with Crippen LogP contribution >= 0.6 is 0 Å². The highest BCUT2D eigenvalue weighted by Crippen LogP contribution is 2.28. The van der Waals surface area contributed by atoms with E-state index in [9.17, 15) is 18.0 Å². The smallest absolute Gasteiger partial charge is 0.255 e. The summed E-state index contributed by atoms with van der Waals surface area (Å²) in [6.45, 7) is 6.97. The van der Waals surface area contributed by atoms with Gasteiger partial charge in [-0.25, -0.2) is 8.42 Å². The molecule has 3 heterocycles. The molecule has 0 bridgehead atoms. The average Bonchev–Trinajstić information content (AvgIpc) is 3.22. The van der Waals surface area contributed by atoms with Crippen molar-refractivity contribution in [3.05, 3.63) is 35.4 Å². The Labute approximate surface area is 172 Å². The molecule has 1 aromatic carbocycles. The molecule has 2 amide bonds. The monoisotopic (exact) mass is 419 g/mol. The summed E-state index contributed by atoms with van der Waals surface area (Å²) in [5.41, 5.74) is 1.67. The predicted molar refractivity (Wildman–Crippen MR) is 110 cm³/mol. The molecule has 2 atom stereocenters. The minimum Gasteiger partial charge on any atom is -0.338 e. The summed E-state index contributed by atoms with van der Waals surface area (Å²) in [7, 11) is -2.91. The summed E-state index contributed by atoms with van der Waals surface area (Å²) in [4.78, 5) is 32.0. The molecule has 29 heavy (non-hydrogen) atoms. The third-order valence-electron chi connectivity index (χ3n) is 6.42. The van der Waals surface area contributed by atoms with Crippen molar-refractivity contribution in [3.63, 3.8) is 0 Å². The standard InChI is InChI=1S/C21H29N3O4S/c1-15(2)19(24-13-16-5-3-4-6-18(16)20(24)25)21(26)23-10-8-22(9-11-23)17-7-12-29(27,28)14-17/h3-6,15,17,19H,7-14H2,1-2H3/t17?,19-/m0/s1. The molecule has 1 aromatic rings. The van der Waals surface area contributed by atoms with E-state index in [2.05, 4.69) is 4.90 Å². The lowest BCUT2D eigenvalue weighted by Crippen LogP contribution is -2.57. The zero-order valence-electron chi connectivity index (χ0n) is 17.1. The molecule has 4 rings (SSSR count). The highest BCUT2D eigenvalue weighted by Gasteiger charge is 2.41. The SMILES string of the molecule is CC(C)[C@@H](C(=O)N1CCN(C2CCS(=O)(=O)C2)CC1)N1Cc2ccccc2C1=O. The van der Waals surface area contributed by atoms with Crippen LogP contribution in [0.25, 0.3) is 0 Å². The number of piperazine rings is 1. The summed E-state index contributed by atoms with van der Waals surface area (Å²) in [5.74, 6) is 0.445. The van der Waals surface area contributed by atoms with Gasteiger partial charge in [0.25, 0.3) is 5.91 Å². The number of hydrogen-bond acceptors (Lipinski definition) is 5. The second-order valence-corrected chi connectivity index (χ2v) is 10.9. The van der Waals surface area contributed by atoms with Crippen molar-refractivity contribution in [2.45, 2.75) is 38.9 Å². The number of nitrogens with zero attached hydrogens (tertiary/aromatic N) is 3. The van der Waals surface area contributed by atoms with E-state index < -0.39 is 15.9 Å². The van der Waals surface area contributed by atoms with Crippen molar-refractivity contribution in [1.29, 1.82) is 0 Å². The van der Waals surface area contributed by atoms with E-state index in [4.69, 9.17) is 0 Å². The normalized spacial score (nSPS) is 25.5. The Balaban J connectivity index is 1.42. The van der Waals surface area contributed by atoms with Gasteiger partial charge in [-0.1, -0.05) is 32.0 Å². The number of hydrogen-bond donors (Lipinski definition) is 0. The Morgan fingerprint density at radius 1 is 1.10 bits per heavy atom. The Morgan fingerprint density at radius 2 is 1.79 bits per heavy atom. The van der Waals surface area contributed by atoms with Crippen LogP contribution in [0, 0.1) is 5.92 Å². The quantitative estimate of drug-likeness (QED) is 0.728. The van der Waals surface area contributed by atoms with Gasteiger partial charge in [-0.2, -0.15) is 0 Å². The molecule has 2 fully saturated rings. The minimum atomic E-state index is -2.91. The molecule has 0 saturated carbocycles. The Morgan fingerprint density at radius 3 is 2.38 bits per heavy atom. The number of carbonyl (C=O) groups excluding carboxylic acids is 2. The van der Waals surface area contributed by atoms with E-state index in [1.165, 1.54) is 0 Å². The van der Waals surface area contributed by atoms with Crippen LogP contribution in [-0.4, -0.2) is 84.7 Å². The van der Waals surface area contributed by atoms with Crippen LogP contribution in [0.1, 0.15) is 36.2 Å².